The molecule has 0 bridgehead atoms. The van der Waals surface area contributed by atoms with Crippen molar-refractivity contribution in [3.8, 4) is 0 Å². The molecule has 1 N–H and O–H groups in total. The van der Waals surface area contributed by atoms with Gasteiger partial charge in [0.25, 0.3) is 0 Å². The van der Waals surface area contributed by atoms with Crippen LogP contribution in [0.5, 0.6) is 0 Å². The van der Waals surface area contributed by atoms with Crippen molar-refractivity contribution in [1.82, 2.24) is 0 Å². The fourth-order valence-corrected chi connectivity index (χ4v) is 2.64. The first-order chi connectivity index (χ1) is 12.1. The van der Waals surface area contributed by atoms with Crippen LogP contribution in [0.25, 0.3) is 0 Å². The third-order valence-corrected chi connectivity index (χ3v) is 4.42. The third kappa shape index (κ3) is 25.3. The molecule has 25 heavy (non-hydrogen) atoms. The van der Waals surface area contributed by atoms with E-state index < -0.39 is 5.97 Å². The van der Waals surface area contributed by atoms with Gasteiger partial charge in [0.1, 0.15) is 0 Å². The SMILES string of the molecule is C=C(CCCCCCCCCCCCCCCC)C(=O)O.C=CCC. The van der Waals surface area contributed by atoms with E-state index in [-0.39, 0.29) is 0 Å². The number of hydrogen-bond acceptors (Lipinski definition) is 1. The minimum absolute atomic E-state index is 0.355. The molecule has 2 heteroatoms. The lowest BCUT2D eigenvalue weighted by molar-refractivity contribution is -0.132. The fraction of sp³-hybridized carbons (Fsp3) is 0.783. The monoisotopic (exact) mass is 352 g/mol. The van der Waals surface area contributed by atoms with Crippen molar-refractivity contribution in [2.45, 2.75) is 117 Å². The first kappa shape index (κ1) is 26.2. The Morgan fingerprint density at radius 2 is 1.08 bits per heavy atom. The van der Waals surface area contributed by atoms with Gasteiger partial charge in [-0.25, -0.2) is 4.79 Å². The number of carboxylic acids is 1. The molecule has 0 saturated heterocycles. The summed E-state index contributed by atoms with van der Waals surface area (Å²) in [4.78, 5) is 10.6. The maximum atomic E-state index is 10.6. The smallest absolute Gasteiger partial charge is 0.330 e. The van der Waals surface area contributed by atoms with Crippen LogP contribution in [-0.2, 0) is 4.79 Å². The van der Waals surface area contributed by atoms with Gasteiger partial charge >= 0.3 is 5.97 Å². The van der Waals surface area contributed by atoms with Crippen LogP contribution < -0.4 is 0 Å². The van der Waals surface area contributed by atoms with Crippen LogP contribution in [0.2, 0.25) is 0 Å². The van der Waals surface area contributed by atoms with Crippen molar-refractivity contribution in [3.05, 3.63) is 24.8 Å². The molecule has 0 atom stereocenters. The van der Waals surface area contributed by atoms with E-state index in [4.69, 9.17) is 5.11 Å². The van der Waals surface area contributed by atoms with Crippen molar-refractivity contribution in [2.24, 2.45) is 0 Å². The average molecular weight is 353 g/mol. The molecule has 0 spiro atoms. The summed E-state index contributed by atoms with van der Waals surface area (Å²) < 4.78 is 0. The second kappa shape index (κ2) is 22.9. The second-order valence-corrected chi connectivity index (χ2v) is 6.95. The zero-order chi connectivity index (χ0) is 19.2. The average Bonchev–Trinajstić information content (AvgIpc) is 2.61. The molecule has 0 aliphatic rings. The van der Waals surface area contributed by atoms with Crippen molar-refractivity contribution in [2.75, 3.05) is 0 Å². The molecule has 0 heterocycles. The number of carboxylic acid groups (broad SMARTS) is 1. The van der Waals surface area contributed by atoms with Gasteiger partial charge in [0.05, 0.1) is 0 Å². The van der Waals surface area contributed by atoms with E-state index in [1.165, 1.54) is 77.0 Å². The first-order valence-electron chi connectivity index (χ1n) is 10.6. The van der Waals surface area contributed by atoms with Gasteiger partial charge in [0.2, 0.25) is 0 Å². The van der Waals surface area contributed by atoms with Crippen molar-refractivity contribution < 1.29 is 9.90 Å². The lowest BCUT2D eigenvalue weighted by Crippen LogP contribution is -1.98. The Kier molecular flexibility index (Phi) is 24.0. The fourth-order valence-electron chi connectivity index (χ4n) is 2.64. The summed E-state index contributed by atoms with van der Waals surface area (Å²) in [5, 5.41) is 8.69. The van der Waals surface area contributed by atoms with Crippen molar-refractivity contribution in [3.63, 3.8) is 0 Å². The van der Waals surface area contributed by atoms with Crippen molar-refractivity contribution in [1.29, 1.82) is 0 Å². The zero-order valence-corrected chi connectivity index (χ0v) is 17.2. The van der Waals surface area contributed by atoms with Gasteiger partial charge in [-0.1, -0.05) is 110 Å². The Hall–Kier alpha value is -1.05. The van der Waals surface area contributed by atoms with E-state index >= 15 is 0 Å². The van der Waals surface area contributed by atoms with Crippen LogP contribution in [-0.4, -0.2) is 11.1 Å². The predicted octanol–water partition coefficient (Wildman–Crippen LogP) is 8.08. The second-order valence-electron chi connectivity index (χ2n) is 6.95. The normalized spacial score (nSPS) is 10.0. The molecule has 0 fully saturated rings. The molecule has 0 radical (unpaired) electrons. The van der Waals surface area contributed by atoms with Crippen LogP contribution in [0.4, 0.5) is 0 Å². The highest BCUT2D eigenvalue weighted by Crippen LogP contribution is 2.14. The summed E-state index contributed by atoms with van der Waals surface area (Å²) in [6.07, 6.45) is 22.2. The van der Waals surface area contributed by atoms with Crippen molar-refractivity contribution >= 4 is 5.97 Å². The molecule has 0 aromatic heterocycles. The van der Waals surface area contributed by atoms with Crippen LogP contribution in [0.3, 0.4) is 0 Å². The van der Waals surface area contributed by atoms with E-state index in [2.05, 4.69) is 27.0 Å². The Bertz CT molecular complexity index is 307. The number of allylic oxidation sites excluding steroid dienone is 1. The van der Waals surface area contributed by atoms with E-state index in [1.54, 1.807) is 0 Å². The molecule has 0 aromatic rings. The zero-order valence-electron chi connectivity index (χ0n) is 17.2. The highest BCUT2D eigenvalue weighted by atomic mass is 16.4. The molecular formula is C23H44O2. The Morgan fingerprint density at radius 1 is 0.760 bits per heavy atom. The quantitative estimate of drug-likeness (QED) is 0.163. The molecular weight excluding hydrogens is 308 g/mol. The Morgan fingerprint density at radius 3 is 1.36 bits per heavy atom. The molecule has 0 saturated carbocycles. The van der Waals surface area contributed by atoms with E-state index in [9.17, 15) is 4.79 Å². The number of rotatable bonds is 17. The molecule has 2 nitrogen and oxygen atoms in total. The first-order valence-corrected chi connectivity index (χ1v) is 10.6. The summed E-state index contributed by atoms with van der Waals surface area (Å²) in [5.74, 6) is -0.843. The van der Waals surface area contributed by atoms with E-state index in [1.807, 2.05) is 6.08 Å². The van der Waals surface area contributed by atoms with Crippen LogP contribution >= 0.6 is 0 Å². The van der Waals surface area contributed by atoms with Gasteiger partial charge in [0.15, 0.2) is 0 Å². The highest BCUT2D eigenvalue weighted by Gasteiger charge is 2.02. The lowest BCUT2D eigenvalue weighted by atomic mass is 10.0. The van der Waals surface area contributed by atoms with Gasteiger partial charge in [-0.2, -0.15) is 0 Å². The number of aliphatic carboxylic acids is 1. The lowest BCUT2D eigenvalue weighted by Gasteiger charge is -2.03. The third-order valence-electron chi connectivity index (χ3n) is 4.42. The summed E-state index contributed by atoms with van der Waals surface area (Å²) in [7, 11) is 0. The molecule has 0 aliphatic heterocycles. The molecule has 0 rings (SSSR count). The Balaban J connectivity index is 0. The largest absolute Gasteiger partial charge is 0.478 e. The van der Waals surface area contributed by atoms with Gasteiger partial charge in [-0.3, -0.25) is 0 Å². The van der Waals surface area contributed by atoms with E-state index in [0.717, 1.165) is 19.3 Å². The number of unbranched alkanes of at least 4 members (excludes halogenated alkanes) is 13. The highest BCUT2D eigenvalue weighted by molar-refractivity contribution is 5.85. The van der Waals surface area contributed by atoms with Crippen LogP contribution in [0, 0.1) is 0 Å². The molecule has 0 amide bonds. The number of carbonyl (C=O) groups is 1. The minimum Gasteiger partial charge on any atom is -0.478 e. The maximum absolute atomic E-state index is 10.6. The van der Waals surface area contributed by atoms with Crippen LogP contribution in [0.1, 0.15) is 117 Å². The standard InChI is InChI=1S/C19H36O2.C4H8/c1-3-4-5-6-7-8-9-10-11-12-13-14-15-16-17-18(2)19(20)21;1-3-4-2/h2-17H2,1H3,(H,20,21);3H,1,4H2,2H3. The summed E-state index contributed by atoms with van der Waals surface area (Å²) in [5.41, 5.74) is 0.355. The minimum atomic E-state index is -0.843. The summed E-state index contributed by atoms with van der Waals surface area (Å²) in [6, 6.07) is 0. The van der Waals surface area contributed by atoms with Crippen LogP contribution in [0.15, 0.2) is 24.8 Å². The number of hydrogen-bond donors (Lipinski definition) is 1. The topological polar surface area (TPSA) is 37.3 Å². The maximum Gasteiger partial charge on any atom is 0.330 e. The predicted molar refractivity (Wildman–Crippen MR) is 112 cm³/mol. The van der Waals surface area contributed by atoms with Gasteiger partial charge in [-0.05, 0) is 19.3 Å². The van der Waals surface area contributed by atoms with E-state index in [0.29, 0.717) is 12.0 Å². The molecule has 0 aliphatic carbocycles. The molecule has 148 valence electrons. The van der Waals surface area contributed by atoms with Gasteiger partial charge in [-0.15, -0.1) is 6.58 Å². The molecule has 0 aromatic carbocycles. The van der Waals surface area contributed by atoms with Gasteiger partial charge < -0.3 is 5.11 Å². The van der Waals surface area contributed by atoms with Gasteiger partial charge in [0, 0.05) is 5.57 Å². The molecule has 0 unspecified atom stereocenters. The Labute approximate surface area is 157 Å². The summed E-state index contributed by atoms with van der Waals surface area (Å²) in [6.45, 7) is 11.4. The summed E-state index contributed by atoms with van der Waals surface area (Å²) >= 11 is 0.